The first-order valence-corrected chi connectivity index (χ1v) is 7.05. The number of benzene rings is 1. The average Bonchev–Trinajstić information content (AvgIpc) is 3.10. The molecule has 0 spiro atoms. The van der Waals surface area contributed by atoms with Crippen LogP contribution in [0.1, 0.15) is 24.2 Å². The van der Waals surface area contributed by atoms with Gasteiger partial charge in [0, 0.05) is 6.07 Å². The third kappa shape index (κ3) is 2.04. The molecule has 0 bridgehead atoms. The van der Waals surface area contributed by atoms with Crippen molar-refractivity contribution in [2.24, 2.45) is 0 Å². The Kier molecular flexibility index (Phi) is 2.79. The zero-order chi connectivity index (χ0) is 11.9. The predicted molar refractivity (Wildman–Crippen MR) is 73.9 cm³/mol. The smallest absolute Gasteiger partial charge is 0.141 e. The summed E-state index contributed by atoms with van der Waals surface area (Å²) in [6.07, 6.45) is 2.25. The minimum atomic E-state index is 0.0353. The topological polar surface area (TPSA) is 25.8 Å². The average molecular weight is 354 g/mol. The van der Waals surface area contributed by atoms with E-state index in [0.717, 1.165) is 27.9 Å². The molecule has 3 rings (SSSR count). The lowest BCUT2D eigenvalue weighted by atomic mass is 9.95. The molecule has 1 heterocycles. The van der Waals surface area contributed by atoms with Gasteiger partial charge in [-0.15, -0.1) is 0 Å². The maximum atomic E-state index is 4.52. The zero-order valence-electron chi connectivity index (χ0n) is 9.03. The summed E-state index contributed by atoms with van der Waals surface area (Å²) in [7, 11) is 0. The summed E-state index contributed by atoms with van der Waals surface area (Å²) in [5.41, 5.74) is 1.35. The Morgan fingerprint density at radius 1 is 0.941 bits per heavy atom. The lowest BCUT2D eigenvalue weighted by Gasteiger charge is -2.14. The van der Waals surface area contributed by atoms with Crippen LogP contribution in [0.25, 0.3) is 0 Å². The largest absolute Gasteiger partial charge is 0.225 e. The van der Waals surface area contributed by atoms with Crippen LogP contribution in [0.3, 0.4) is 0 Å². The number of hydrogen-bond acceptors (Lipinski definition) is 2. The number of nitrogens with zero attached hydrogens (tertiary/aromatic N) is 2. The van der Waals surface area contributed by atoms with Crippen LogP contribution in [0.5, 0.6) is 0 Å². The highest BCUT2D eigenvalue weighted by molar-refractivity contribution is 9.11. The van der Waals surface area contributed by atoms with Gasteiger partial charge in [-0.25, -0.2) is 9.97 Å². The molecule has 4 heteroatoms. The third-order valence-electron chi connectivity index (χ3n) is 3.17. The van der Waals surface area contributed by atoms with Gasteiger partial charge in [0.1, 0.15) is 15.0 Å². The highest BCUT2D eigenvalue weighted by atomic mass is 79.9. The van der Waals surface area contributed by atoms with Crippen molar-refractivity contribution < 1.29 is 0 Å². The highest BCUT2D eigenvalue weighted by Gasteiger charge is 2.48. The molecule has 0 aliphatic heterocycles. The lowest BCUT2D eigenvalue weighted by molar-refractivity contribution is 0.745. The number of halogens is 2. The summed E-state index contributed by atoms with van der Waals surface area (Å²) in [5, 5.41) is 0. The molecule has 2 nitrogen and oxygen atoms in total. The molecule has 0 radical (unpaired) electrons. The summed E-state index contributed by atoms with van der Waals surface area (Å²) in [5.74, 6) is 0.907. The van der Waals surface area contributed by atoms with Gasteiger partial charge in [0.25, 0.3) is 0 Å². The molecule has 1 saturated carbocycles. The van der Waals surface area contributed by atoms with Crippen LogP contribution < -0.4 is 0 Å². The summed E-state index contributed by atoms with van der Waals surface area (Å²) >= 11 is 6.85. The zero-order valence-corrected chi connectivity index (χ0v) is 12.2. The Labute approximate surface area is 117 Å². The molecule has 1 aromatic carbocycles. The van der Waals surface area contributed by atoms with Gasteiger partial charge in [0.05, 0.1) is 5.41 Å². The van der Waals surface area contributed by atoms with Gasteiger partial charge in [-0.1, -0.05) is 30.3 Å². The second kappa shape index (κ2) is 4.18. The van der Waals surface area contributed by atoms with Gasteiger partial charge in [-0.2, -0.15) is 0 Å². The van der Waals surface area contributed by atoms with Crippen molar-refractivity contribution in [2.75, 3.05) is 0 Å². The predicted octanol–water partition coefficient (Wildman–Crippen LogP) is 4.08. The van der Waals surface area contributed by atoms with Crippen LogP contribution in [0.15, 0.2) is 45.6 Å². The van der Waals surface area contributed by atoms with Crippen LogP contribution in [-0.2, 0) is 5.41 Å². The molecule has 2 aromatic rings. The Hall–Kier alpha value is -0.740. The Bertz CT molecular complexity index is 530. The molecule has 17 heavy (non-hydrogen) atoms. The van der Waals surface area contributed by atoms with E-state index in [1.807, 2.05) is 12.1 Å². The fraction of sp³-hybridized carbons (Fsp3) is 0.231. The van der Waals surface area contributed by atoms with Crippen LogP contribution in [0.4, 0.5) is 0 Å². The fourth-order valence-corrected chi connectivity index (χ4v) is 3.20. The molecule has 0 N–H and O–H groups in total. The van der Waals surface area contributed by atoms with Gasteiger partial charge in [-0.05, 0) is 50.3 Å². The first-order valence-electron chi connectivity index (χ1n) is 5.47. The molecule has 86 valence electrons. The molecule has 1 aromatic heterocycles. The van der Waals surface area contributed by atoms with Crippen molar-refractivity contribution >= 4 is 31.9 Å². The van der Waals surface area contributed by atoms with Crippen LogP contribution in [0, 0.1) is 0 Å². The quantitative estimate of drug-likeness (QED) is 0.760. The molecule has 0 saturated heterocycles. The molecule has 0 atom stereocenters. The van der Waals surface area contributed by atoms with E-state index in [1.165, 1.54) is 5.56 Å². The van der Waals surface area contributed by atoms with Crippen molar-refractivity contribution in [3.8, 4) is 0 Å². The molecular weight excluding hydrogens is 344 g/mol. The summed E-state index contributed by atoms with van der Waals surface area (Å²) in [6.45, 7) is 0. The van der Waals surface area contributed by atoms with E-state index >= 15 is 0 Å². The van der Waals surface area contributed by atoms with Gasteiger partial charge in [0.15, 0.2) is 0 Å². The normalized spacial score (nSPS) is 16.8. The van der Waals surface area contributed by atoms with Gasteiger partial charge in [-0.3, -0.25) is 0 Å². The van der Waals surface area contributed by atoms with Crippen LogP contribution in [0.2, 0.25) is 0 Å². The minimum Gasteiger partial charge on any atom is -0.225 e. The molecule has 1 fully saturated rings. The monoisotopic (exact) mass is 352 g/mol. The third-order valence-corrected chi connectivity index (χ3v) is 3.98. The lowest BCUT2D eigenvalue weighted by Crippen LogP contribution is -2.13. The first kappa shape index (κ1) is 11.4. The molecule has 0 unspecified atom stereocenters. The van der Waals surface area contributed by atoms with Crippen molar-refractivity contribution in [2.45, 2.75) is 18.3 Å². The van der Waals surface area contributed by atoms with E-state index in [0.29, 0.717) is 0 Å². The second-order valence-electron chi connectivity index (χ2n) is 4.29. The Morgan fingerprint density at radius 2 is 1.53 bits per heavy atom. The first-order chi connectivity index (χ1) is 8.21. The van der Waals surface area contributed by atoms with Gasteiger partial charge >= 0.3 is 0 Å². The van der Waals surface area contributed by atoms with Crippen LogP contribution in [-0.4, -0.2) is 9.97 Å². The molecule has 1 aliphatic rings. The van der Waals surface area contributed by atoms with Gasteiger partial charge < -0.3 is 0 Å². The summed E-state index contributed by atoms with van der Waals surface area (Å²) in [6, 6.07) is 12.4. The van der Waals surface area contributed by atoms with E-state index in [9.17, 15) is 0 Å². The number of hydrogen-bond donors (Lipinski definition) is 0. The van der Waals surface area contributed by atoms with Crippen molar-refractivity contribution in [3.63, 3.8) is 0 Å². The number of rotatable bonds is 2. The Balaban J connectivity index is 2.09. The maximum absolute atomic E-state index is 4.52. The SMILES string of the molecule is Brc1cc(Br)nc(C2(c3ccccc3)CC2)n1. The second-order valence-corrected chi connectivity index (χ2v) is 5.91. The van der Waals surface area contributed by atoms with E-state index in [1.54, 1.807) is 0 Å². The molecule has 0 amide bonds. The fourth-order valence-electron chi connectivity index (χ4n) is 2.13. The van der Waals surface area contributed by atoms with Crippen molar-refractivity contribution in [3.05, 3.63) is 57.0 Å². The highest BCUT2D eigenvalue weighted by Crippen LogP contribution is 2.52. The number of aromatic nitrogens is 2. The summed E-state index contributed by atoms with van der Waals surface area (Å²) in [4.78, 5) is 9.04. The molecular formula is C13H10Br2N2. The standard InChI is InChI=1S/C13H10Br2N2/c14-10-8-11(15)17-12(16-10)13(6-7-13)9-4-2-1-3-5-9/h1-5,8H,6-7H2. The molecule has 1 aliphatic carbocycles. The summed E-state index contributed by atoms with van der Waals surface area (Å²) < 4.78 is 1.66. The van der Waals surface area contributed by atoms with E-state index in [2.05, 4.69) is 66.1 Å². The van der Waals surface area contributed by atoms with Gasteiger partial charge in [0.2, 0.25) is 0 Å². The Morgan fingerprint density at radius 3 is 2.06 bits per heavy atom. The minimum absolute atomic E-state index is 0.0353. The maximum Gasteiger partial charge on any atom is 0.141 e. The van der Waals surface area contributed by atoms with E-state index < -0.39 is 0 Å². The van der Waals surface area contributed by atoms with Crippen LogP contribution >= 0.6 is 31.9 Å². The van der Waals surface area contributed by atoms with E-state index in [4.69, 9.17) is 0 Å². The van der Waals surface area contributed by atoms with E-state index in [-0.39, 0.29) is 5.41 Å². The van der Waals surface area contributed by atoms with Crippen molar-refractivity contribution in [1.29, 1.82) is 0 Å². The van der Waals surface area contributed by atoms with Crippen molar-refractivity contribution in [1.82, 2.24) is 9.97 Å².